The Hall–Kier alpha value is -3.26. The van der Waals surface area contributed by atoms with Crippen LogP contribution in [0.1, 0.15) is 35.5 Å². The quantitative estimate of drug-likeness (QED) is 0.599. The zero-order valence-electron chi connectivity index (χ0n) is 17.4. The maximum absolute atomic E-state index is 15.5. The maximum atomic E-state index is 15.5. The van der Waals surface area contributed by atoms with Gasteiger partial charge in [0.1, 0.15) is 17.5 Å². The molecule has 0 atom stereocenters. The standard InChI is InChI=1S/C23H23F2N5O/c1-13-17(11-27-14(2)29-13)10-26-9-16-5-7-20(30-23(31)15-3-4-15)21(22(16)25)19-8-6-18(24)12-28-19/h5-8,11-12,15,26H,3-4,9-10H2,1-2H3,(H,30,31). The van der Waals surface area contributed by atoms with Crippen molar-refractivity contribution in [3.05, 3.63) is 70.9 Å². The van der Waals surface area contributed by atoms with Crippen molar-refractivity contribution in [2.24, 2.45) is 5.92 Å². The zero-order chi connectivity index (χ0) is 22.0. The molecule has 160 valence electrons. The van der Waals surface area contributed by atoms with Crippen LogP contribution >= 0.6 is 0 Å². The van der Waals surface area contributed by atoms with Crippen molar-refractivity contribution < 1.29 is 13.6 Å². The fourth-order valence-corrected chi connectivity index (χ4v) is 3.33. The Morgan fingerprint density at radius 2 is 1.81 bits per heavy atom. The Bertz CT molecular complexity index is 1110. The van der Waals surface area contributed by atoms with Crippen molar-refractivity contribution in [1.82, 2.24) is 20.3 Å². The van der Waals surface area contributed by atoms with Gasteiger partial charge in [0.15, 0.2) is 0 Å². The van der Waals surface area contributed by atoms with E-state index in [9.17, 15) is 9.18 Å². The minimum Gasteiger partial charge on any atom is -0.325 e. The van der Waals surface area contributed by atoms with E-state index in [0.717, 1.165) is 30.3 Å². The highest BCUT2D eigenvalue weighted by Gasteiger charge is 2.30. The Labute approximate surface area is 179 Å². The van der Waals surface area contributed by atoms with Crippen LogP contribution in [0.15, 0.2) is 36.7 Å². The number of benzene rings is 1. The van der Waals surface area contributed by atoms with Crippen LogP contribution in [0.2, 0.25) is 0 Å². The number of anilines is 1. The number of aromatic nitrogens is 3. The molecule has 2 aromatic heterocycles. The minimum atomic E-state index is -0.513. The second-order valence-electron chi connectivity index (χ2n) is 7.72. The van der Waals surface area contributed by atoms with Crippen molar-refractivity contribution in [3.63, 3.8) is 0 Å². The number of carbonyl (C=O) groups is 1. The fraction of sp³-hybridized carbons (Fsp3) is 0.304. The second-order valence-corrected chi connectivity index (χ2v) is 7.72. The van der Waals surface area contributed by atoms with Gasteiger partial charge in [-0.3, -0.25) is 9.78 Å². The number of hydrogen-bond donors (Lipinski definition) is 2. The molecule has 3 aromatic rings. The molecule has 31 heavy (non-hydrogen) atoms. The Morgan fingerprint density at radius 1 is 1.03 bits per heavy atom. The predicted molar refractivity (Wildman–Crippen MR) is 113 cm³/mol. The predicted octanol–water partition coefficient (Wildman–Crippen LogP) is 4.07. The van der Waals surface area contributed by atoms with E-state index >= 15 is 4.39 Å². The Kier molecular flexibility index (Phi) is 5.99. The summed E-state index contributed by atoms with van der Waals surface area (Å²) in [5, 5.41) is 6.01. The molecule has 0 bridgehead atoms. The van der Waals surface area contributed by atoms with Crippen molar-refractivity contribution in [2.45, 2.75) is 39.8 Å². The van der Waals surface area contributed by atoms with Crippen LogP contribution in [0.4, 0.5) is 14.5 Å². The molecule has 0 unspecified atom stereocenters. The minimum absolute atomic E-state index is 0.0293. The number of rotatable bonds is 7. The van der Waals surface area contributed by atoms with Gasteiger partial charge in [0.2, 0.25) is 5.91 Å². The van der Waals surface area contributed by atoms with Gasteiger partial charge >= 0.3 is 0 Å². The number of nitrogens with zero attached hydrogens (tertiary/aromatic N) is 3. The summed E-state index contributed by atoms with van der Waals surface area (Å²) in [4.78, 5) is 24.8. The first-order valence-corrected chi connectivity index (χ1v) is 10.2. The summed E-state index contributed by atoms with van der Waals surface area (Å²) < 4.78 is 28.8. The summed E-state index contributed by atoms with van der Waals surface area (Å²) in [7, 11) is 0. The third-order valence-electron chi connectivity index (χ3n) is 5.24. The molecule has 1 aromatic carbocycles. The molecular formula is C23H23F2N5O. The van der Waals surface area contributed by atoms with Gasteiger partial charge < -0.3 is 10.6 Å². The van der Waals surface area contributed by atoms with Gasteiger partial charge in [-0.1, -0.05) is 6.07 Å². The lowest BCUT2D eigenvalue weighted by atomic mass is 10.0. The van der Waals surface area contributed by atoms with Crippen molar-refractivity contribution in [1.29, 1.82) is 0 Å². The van der Waals surface area contributed by atoms with Crippen LogP contribution in [0, 0.1) is 31.4 Å². The first kappa shape index (κ1) is 21.0. The molecule has 0 spiro atoms. The van der Waals surface area contributed by atoms with Crippen LogP contribution < -0.4 is 10.6 Å². The number of aryl methyl sites for hydroxylation is 2. The van der Waals surface area contributed by atoms with Crippen LogP contribution in [0.5, 0.6) is 0 Å². The van der Waals surface area contributed by atoms with E-state index < -0.39 is 11.6 Å². The van der Waals surface area contributed by atoms with Gasteiger partial charge in [-0.15, -0.1) is 0 Å². The molecule has 1 aliphatic carbocycles. The van der Waals surface area contributed by atoms with Gasteiger partial charge in [0, 0.05) is 42.0 Å². The van der Waals surface area contributed by atoms with Crippen molar-refractivity contribution in [2.75, 3.05) is 5.32 Å². The molecule has 0 aliphatic heterocycles. The van der Waals surface area contributed by atoms with E-state index in [1.807, 2.05) is 13.8 Å². The molecule has 0 radical (unpaired) electrons. The van der Waals surface area contributed by atoms with Crippen LogP contribution in [0.25, 0.3) is 11.3 Å². The summed E-state index contributed by atoms with van der Waals surface area (Å²) in [6, 6.07) is 5.93. The highest BCUT2D eigenvalue weighted by atomic mass is 19.1. The summed E-state index contributed by atoms with van der Waals surface area (Å²) >= 11 is 0. The van der Waals surface area contributed by atoms with E-state index in [-0.39, 0.29) is 29.6 Å². The average molecular weight is 423 g/mol. The smallest absolute Gasteiger partial charge is 0.227 e. The number of pyridine rings is 1. The molecule has 8 heteroatoms. The number of amides is 1. The molecule has 6 nitrogen and oxygen atoms in total. The number of hydrogen-bond acceptors (Lipinski definition) is 5. The molecule has 2 N–H and O–H groups in total. The molecule has 1 fully saturated rings. The largest absolute Gasteiger partial charge is 0.325 e. The number of halogens is 2. The van der Waals surface area contributed by atoms with Crippen LogP contribution in [0.3, 0.4) is 0 Å². The van der Waals surface area contributed by atoms with E-state index in [4.69, 9.17) is 0 Å². The number of carbonyl (C=O) groups excluding carboxylic acids is 1. The van der Waals surface area contributed by atoms with Gasteiger partial charge in [0.05, 0.1) is 23.1 Å². The first-order valence-electron chi connectivity index (χ1n) is 10.2. The zero-order valence-corrected chi connectivity index (χ0v) is 17.4. The van der Waals surface area contributed by atoms with Gasteiger partial charge in [-0.2, -0.15) is 0 Å². The lowest BCUT2D eigenvalue weighted by molar-refractivity contribution is -0.117. The van der Waals surface area contributed by atoms with Crippen molar-refractivity contribution >= 4 is 11.6 Å². The van der Waals surface area contributed by atoms with Crippen LogP contribution in [-0.4, -0.2) is 20.9 Å². The van der Waals surface area contributed by atoms with E-state index in [0.29, 0.717) is 23.6 Å². The molecule has 1 aliphatic rings. The summed E-state index contributed by atoms with van der Waals surface area (Å²) in [5.41, 5.74) is 2.96. The lowest BCUT2D eigenvalue weighted by Gasteiger charge is -2.15. The summed E-state index contributed by atoms with van der Waals surface area (Å²) in [5.74, 6) is -0.479. The molecule has 2 heterocycles. The summed E-state index contributed by atoms with van der Waals surface area (Å²) in [6.07, 6.45) is 4.46. The average Bonchev–Trinajstić information content (AvgIpc) is 3.58. The normalized spacial score (nSPS) is 13.3. The highest BCUT2D eigenvalue weighted by Crippen LogP contribution is 2.35. The molecule has 4 rings (SSSR count). The highest BCUT2D eigenvalue weighted by molar-refractivity contribution is 5.97. The first-order chi connectivity index (χ1) is 14.9. The fourth-order valence-electron chi connectivity index (χ4n) is 3.33. The van der Waals surface area contributed by atoms with E-state index in [1.54, 1.807) is 18.3 Å². The Morgan fingerprint density at radius 3 is 2.48 bits per heavy atom. The second kappa shape index (κ2) is 8.85. The summed E-state index contributed by atoms with van der Waals surface area (Å²) in [6.45, 7) is 4.47. The third kappa shape index (κ3) is 4.91. The third-order valence-corrected chi connectivity index (χ3v) is 5.24. The maximum Gasteiger partial charge on any atom is 0.227 e. The SMILES string of the molecule is Cc1ncc(CNCc2ccc(NC(=O)C3CC3)c(-c3ccc(F)cn3)c2F)c(C)n1. The van der Waals surface area contributed by atoms with Gasteiger partial charge in [0.25, 0.3) is 0 Å². The van der Waals surface area contributed by atoms with Crippen LogP contribution in [-0.2, 0) is 17.9 Å². The van der Waals surface area contributed by atoms with E-state index in [2.05, 4.69) is 25.6 Å². The van der Waals surface area contributed by atoms with Gasteiger partial charge in [-0.05, 0) is 44.9 Å². The number of nitrogens with one attached hydrogen (secondary N) is 2. The van der Waals surface area contributed by atoms with Gasteiger partial charge in [-0.25, -0.2) is 18.7 Å². The lowest BCUT2D eigenvalue weighted by Crippen LogP contribution is -2.17. The molecule has 1 amide bonds. The van der Waals surface area contributed by atoms with E-state index in [1.165, 1.54) is 12.1 Å². The monoisotopic (exact) mass is 423 g/mol. The van der Waals surface area contributed by atoms with Crippen molar-refractivity contribution in [3.8, 4) is 11.3 Å². The Balaban J connectivity index is 1.58. The molecule has 0 saturated heterocycles. The topological polar surface area (TPSA) is 79.8 Å². The molecule has 1 saturated carbocycles. The molecular weight excluding hydrogens is 400 g/mol.